The Morgan fingerprint density at radius 3 is 2.56 bits per heavy atom. The number of aliphatic imine (C=N–C) groups is 1. The number of aryl methyl sites for hydroxylation is 1. The Labute approximate surface area is 152 Å². The summed E-state index contributed by atoms with van der Waals surface area (Å²) in [6, 6.07) is 14.5. The predicted octanol–water partition coefficient (Wildman–Crippen LogP) is 3.36. The van der Waals surface area contributed by atoms with Crippen LogP contribution in [0.1, 0.15) is 22.2 Å². The van der Waals surface area contributed by atoms with Crippen LogP contribution in [0.2, 0.25) is 0 Å². The highest BCUT2D eigenvalue weighted by molar-refractivity contribution is 7.11. The van der Waals surface area contributed by atoms with Gasteiger partial charge in [-0.25, -0.2) is 4.68 Å². The van der Waals surface area contributed by atoms with E-state index >= 15 is 0 Å². The average Bonchev–Trinajstić information content (AvgIpc) is 3.32. The number of nitrogens with zero attached hydrogens (tertiary/aromatic N) is 3. The molecule has 0 aliphatic heterocycles. The van der Waals surface area contributed by atoms with Crippen molar-refractivity contribution in [2.45, 2.75) is 26.4 Å². The van der Waals surface area contributed by atoms with E-state index in [1.165, 1.54) is 9.75 Å². The number of aromatic nitrogens is 2. The molecule has 0 saturated carbocycles. The third kappa shape index (κ3) is 4.70. The zero-order chi connectivity index (χ0) is 17.5. The van der Waals surface area contributed by atoms with Crippen molar-refractivity contribution >= 4 is 17.3 Å². The molecule has 0 bridgehead atoms. The smallest absolute Gasteiger partial charge is 0.191 e. The maximum absolute atomic E-state index is 4.41. The van der Waals surface area contributed by atoms with Crippen LogP contribution in [0.25, 0.3) is 5.69 Å². The maximum atomic E-state index is 4.41. The van der Waals surface area contributed by atoms with Crippen molar-refractivity contribution in [3.05, 3.63) is 70.2 Å². The van der Waals surface area contributed by atoms with Crippen LogP contribution in [0.3, 0.4) is 0 Å². The van der Waals surface area contributed by atoms with Crippen LogP contribution in [0.15, 0.2) is 59.9 Å². The molecule has 0 aliphatic rings. The number of thiophene rings is 1. The lowest BCUT2D eigenvalue weighted by Crippen LogP contribution is -2.36. The summed E-state index contributed by atoms with van der Waals surface area (Å²) in [4.78, 5) is 7.01. The van der Waals surface area contributed by atoms with Crippen molar-refractivity contribution in [3.8, 4) is 5.69 Å². The molecule has 1 aromatic carbocycles. The van der Waals surface area contributed by atoms with Gasteiger partial charge in [0.05, 0.1) is 18.4 Å². The van der Waals surface area contributed by atoms with Crippen LogP contribution >= 0.6 is 11.3 Å². The van der Waals surface area contributed by atoms with Gasteiger partial charge >= 0.3 is 0 Å². The highest BCUT2D eigenvalue weighted by Crippen LogP contribution is 2.16. The molecule has 130 valence electrons. The highest BCUT2D eigenvalue weighted by Gasteiger charge is 2.04. The fraction of sp³-hybridized carbons (Fsp3) is 0.263. The molecule has 2 heterocycles. The quantitative estimate of drug-likeness (QED) is 0.528. The van der Waals surface area contributed by atoms with E-state index in [-0.39, 0.29) is 0 Å². The zero-order valence-electron chi connectivity index (χ0n) is 14.6. The van der Waals surface area contributed by atoms with Gasteiger partial charge in [-0.2, -0.15) is 5.10 Å². The molecule has 5 nitrogen and oxygen atoms in total. The highest BCUT2D eigenvalue weighted by atomic mass is 32.1. The molecule has 2 N–H and O–H groups in total. The molecule has 6 heteroatoms. The fourth-order valence-electron chi connectivity index (χ4n) is 2.46. The summed E-state index contributed by atoms with van der Waals surface area (Å²) in [5.74, 6) is 0.791. The van der Waals surface area contributed by atoms with Gasteiger partial charge in [-0.15, -0.1) is 11.3 Å². The molecule has 25 heavy (non-hydrogen) atoms. The first-order chi connectivity index (χ1) is 12.3. The number of guanidine groups is 1. The summed E-state index contributed by atoms with van der Waals surface area (Å²) >= 11 is 1.84. The largest absolute Gasteiger partial charge is 0.352 e. The molecule has 0 spiro atoms. The van der Waals surface area contributed by atoms with Crippen LogP contribution in [0, 0.1) is 0 Å². The van der Waals surface area contributed by atoms with E-state index in [1.54, 1.807) is 7.05 Å². The Bertz CT molecular complexity index is 819. The van der Waals surface area contributed by atoms with Gasteiger partial charge < -0.3 is 10.6 Å². The van der Waals surface area contributed by atoms with Gasteiger partial charge in [0.2, 0.25) is 0 Å². The van der Waals surface area contributed by atoms with Crippen molar-refractivity contribution in [2.75, 3.05) is 7.05 Å². The van der Waals surface area contributed by atoms with Crippen LogP contribution < -0.4 is 10.6 Å². The van der Waals surface area contributed by atoms with Crippen molar-refractivity contribution in [1.29, 1.82) is 0 Å². The summed E-state index contributed by atoms with van der Waals surface area (Å²) in [5, 5.41) is 11.1. The lowest BCUT2D eigenvalue weighted by Gasteiger charge is -2.10. The van der Waals surface area contributed by atoms with E-state index in [2.05, 4.69) is 39.8 Å². The molecular formula is C19H23N5S. The Hall–Kier alpha value is -2.60. The number of benzene rings is 1. The number of hydrogen-bond donors (Lipinski definition) is 2. The number of rotatable bonds is 6. The fourth-order valence-corrected chi connectivity index (χ4v) is 3.36. The van der Waals surface area contributed by atoms with Gasteiger partial charge in [0.15, 0.2) is 5.96 Å². The van der Waals surface area contributed by atoms with E-state index in [0.29, 0.717) is 6.54 Å². The van der Waals surface area contributed by atoms with Crippen LogP contribution in [-0.2, 0) is 19.5 Å². The predicted molar refractivity (Wildman–Crippen MR) is 104 cm³/mol. The van der Waals surface area contributed by atoms with Gasteiger partial charge in [-0.3, -0.25) is 4.99 Å². The number of para-hydroxylation sites is 1. The Morgan fingerprint density at radius 2 is 1.84 bits per heavy atom. The van der Waals surface area contributed by atoms with Gasteiger partial charge in [0.1, 0.15) is 0 Å². The molecule has 0 saturated heterocycles. The van der Waals surface area contributed by atoms with E-state index in [0.717, 1.165) is 30.2 Å². The van der Waals surface area contributed by atoms with E-state index < -0.39 is 0 Å². The first kappa shape index (κ1) is 17.2. The average molecular weight is 353 g/mol. The van der Waals surface area contributed by atoms with Crippen molar-refractivity contribution < 1.29 is 0 Å². The first-order valence-electron chi connectivity index (χ1n) is 8.39. The molecule has 3 rings (SSSR count). The SMILES string of the molecule is CCc1ccc(CNC(=NC)NCc2cnn(-c3ccccc3)c2)s1. The van der Waals surface area contributed by atoms with Crippen molar-refractivity contribution in [2.24, 2.45) is 4.99 Å². The summed E-state index contributed by atoms with van der Waals surface area (Å²) < 4.78 is 1.88. The molecular weight excluding hydrogens is 330 g/mol. The molecule has 2 aromatic heterocycles. The second-order valence-electron chi connectivity index (χ2n) is 5.63. The maximum Gasteiger partial charge on any atom is 0.191 e. The minimum absolute atomic E-state index is 0.678. The third-order valence-corrected chi connectivity index (χ3v) is 5.07. The second-order valence-corrected chi connectivity index (χ2v) is 6.88. The summed E-state index contributed by atoms with van der Waals surface area (Å²) in [7, 11) is 1.79. The number of nitrogens with one attached hydrogen (secondary N) is 2. The van der Waals surface area contributed by atoms with Gasteiger partial charge in [-0.05, 0) is 30.7 Å². The molecule has 0 amide bonds. The van der Waals surface area contributed by atoms with Crippen molar-refractivity contribution in [1.82, 2.24) is 20.4 Å². The molecule has 0 atom stereocenters. The minimum Gasteiger partial charge on any atom is -0.352 e. The Balaban J connectivity index is 1.52. The Morgan fingerprint density at radius 1 is 1.08 bits per heavy atom. The molecule has 0 unspecified atom stereocenters. The standard InChI is InChI=1S/C19H23N5S/c1-3-17-9-10-18(25-17)13-22-19(20-2)21-11-15-12-23-24(14-15)16-7-5-4-6-8-16/h4-10,12,14H,3,11,13H2,1-2H3,(H2,20,21,22). The third-order valence-electron chi connectivity index (χ3n) is 3.84. The minimum atomic E-state index is 0.678. The van der Waals surface area contributed by atoms with E-state index in [4.69, 9.17) is 0 Å². The van der Waals surface area contributed by atoms with Gasteiger partial charge in [0, 0.05) is 35.1 Å². The van der Waals surface area contributed by atoms with Crippen LogP contribution in [-0.4, -0.2) is 22.8 Å². The van der Waals surface area contributed by atoms with Gasteiger partial charge in [-0.1, -0.05) is 25.1 Å². The second kappa shape index (κ2) is 8.48. The number of hydrogen-bond acceptors (Lipinski definition) is 3. The van der Waals surface area contributed by atoms with E-state index in [1.807, 2.05) is 58.7 Å². The first-order valence-corrected chi connectivity index (χ1v) is 9.21. The molecule has 0 radical (unpaired) electrons. The summed E-state index contributed by atoms with van der Waals surface area (Å²) in [5.41, 5.74) is 2.16. The summed E-state index contributed by atoms with van der Waals surface area (Å²) in [6.07, 6.45) is 4.99. The summed E-state index contributed by atoms with van der Waals surface area (Å²) in [6.45, 7) is 3.64. The molecule has 3 aromatic rings. The molecule has 0 aliphatic carbocycles. The van der Waals surface area contributed by atoms with E-state index in [9.17, 15) is 0 Å². The van der Waals surface area contributed by atoms with Crippen molar-refractivity contribution in [3.63, 3.8) is 0 Å². The lowest BCUT2D eigenvalue weighted by molar-refractivity contribution is 0.814. The van der Waals surface area contributed by atoms with Crippen LogP contribution in [0.4, 0.5) is 0 Å². The Kier molecular flexibility index (Phi) is 5.85. The topological polar surface area (TPSA) is 54.2 Å². The zero-order valence-corrected chi connectivity index (χ0v) is 15.4. The lowest BCUT2D eigenvalue weighted by atomic mass is 10.3. The normalized spacial score (nSPS) is 11.5. The molecule has 0 fully saturated rings. The van der Waals surface area contributed by atoms with Gasteiger partial charge in [0.25, 0.3) is 0 Å². The monoisotopic (exact) mass is 353 g/mol. The van der Waals surface area contributed by atoms with Crippen LogP contribution in [0.5, 0.6) is 0 Å².